The fourth-order valence-corrected chi connectivity index (χ4v) is 1.63. The second-order valence-corrected chi connectivity index (χ2v) is 4.05. The molecule has 1 aromatic carbocycles. The minimum atomic E-state index is -0.614. The number of rotatable bonds is 4. The number of amides is 1. The normalized spacial score (nSPS) is 10.4. The van der Waals surface area contributed by atoms with E-state index in [1.807, 2.05) is 0 Å². The zero-order chi connectivity index (χ0) is 15.5. The Balaban J connectivity index is 1.77. The highest BCUT2D eigenvalue weighted by Gasteiger charge is 2.16. The van der Waals surface area contributed by atoms with Crippen LogP contribution >= 0.6 is 0 Å². The molecular formula is C12H7N5O5. The molecule has 0 atom stereocenters. The number of nitro groups is 1. The van der Waals surface area contributed by atoms with Crippen molar-refractivity contribution in [2.75, 3.05) is 5.32 Å². The average Bonchev–Trinajstić information content (AvgIpc) is 3.18. The molecule has 3 rings (SSSR count). The van der Waals surface area contributed by atoms with E-state index in [1.165, 1.54) is 30.5 Å². The maximum absolute atomic E-state index is 12.0. The highest BCUT2D eigenvalue weighted by atomic mass is 16.6. The number of nitro benzene ring substituents is 1. The van der Waals surface area contributed by atoms with Crippen LogP contribution in [0.15, 0.2) is 45.5 Å². The van der Waals surface area contributed by atoms with E-state index in [1.54, 1.807) is 0 Å². The van der Waals surface area contributed by atoms with Gasteiger partial charge in [-0.25, -0.2) is 0 Å². The second kappa shape index (κ2) is 5.44. The number of nitrogens with zero attached hydrogens (tertiary/aromatic N) is 4. The minimum Gasteiger partial charge on any atom is -0.400 e. The van der Waals surface area contributed by atoms with Gasteiger partial charge in [0, 0.05) is 23.8 Å². The molecule has 10 nitrogen and oxygen atoms in total. The predicted molar refractivity (Wildman–Crippen MR) is 70.8 cm³/mol. The minimum absolute atomic E-state index is 0.0480. The zero-order valence-electron chi connectivity index (χ0n) is 10.8. The van der Waals surface area contributed by atoms with Crippen molar-refractivity contribution in [3.05, 3.63) is 52.2 Å². The van der Waals surface area contributed by atoms with Gasteiger partial charge in [0.05, 0.1) is 11.1 Å². The molecule has 0 saturated heterocycles. The van der Waals surface area contributed by atoms with Crippen LogP contribution in [0.5, 0.6) is 0 Å². The van der Waals surface area contributed by atoms with Crippen molar-refractivity contribution in [2.24, 2.45) is 0 Å². The summed E-state index contributed by atoms with van der Waals surface area (Å²) >= 11 is 0. The molecule has 1 amide bonds. The van der Waals surface area contributed by atoms with Crippen LogP contribution in [0.3, 0.4) is 0 Å². The Labute approximate surface area is 121 Å². The number of nitrogens with one attached hydrogen (secondary N) is 1. The molecule has 0 aliphatic rings. The van der Waals surface area contributed by atoms with Gasteiger partial charge < -0.3 is 8.94 Å². The lowest BCUT2D eigenvalue weighted by Crippen LogP contribution is -2.12. The third-order valence-corrected chi connectivity index (χ3v) is 2.61. The number of hydrogen-bond acceptors (Lipinski definition) is 8. The molecule has 1 N–H and O–H groups in total. The summed E-state index contributed by atoms with van der Waals surface area (Å²) in [7, 11) is 0. The van der Waals surface area contributed by atoms with Crippen molar-refractivity contribution in [1.82, 2.24) is 15.4 Å². The van der Waals surface area contributed by atoms with Gasteiger partial charge in [-0.2, -0.15) is 0 Å². The molecule has 110 valence electrons. The van der Waals surface area contributed by atoms with Crippen LogP contribution in [0.4, 0.5) is 11.7 Å². The highest BCUT2D eigenvalue weighted by Crippen LogP contribution is 2.19. The van der Waals surface area contributed by atoms with Crippen molar-refractivity contribution >= 4 is 17.6 Å². The molecule has 3 aromatic rings. The topological polar surface area (TPSA) is 137 Å². The SMILES string of the molecule is O=C(Nc1nnc(-c2ccno2)o1)c1cccc([N+](=O)[O-])c1. The molecule has 0 bridgehead atoms. The van der Waals surface area contributed by atoms with E-state index in [9.17, 15) is 14.9 Å². The van der Waals surface area contributed by atoms with Crippen LogP contribution in [-0.4, -0.2) is 26.2 Å². The van der Waals surface area contributed by atoms with E-state index in [4.69, 9.17) is 8.94 Å². The lowest BCUT2D eigenvalue weighted by atomic mass is 10.2. The summed E-state index contributed by atoms with van der Waals surface area (Å²) in [6.07, 6.45) is 1.40. The summed E-state index contributed by atoms with van der Waals surface area (Å²) in [5.41, 5.74) is -0.103. The fourth-order valence-electron chi connectivity index (χ4n) is 1.63. The molecule has 2 aromatic heterocycles. The fraction of sp³-hybridized carbons (Fsp3) is 0. The number of carbonyl (C=O) groups is 1. The van der Waals surface area contributed by atoms with E-state index >= 15 is 0 Å². The molecule has 0 unspecified atom stereocenters. The lowest BCUT2D eigenvalue weighted by Gasteiger charge is -2.00. The van der Waals surface area contributed by atoms with Crippen molar-refractivity contribution in [3.63, 3.8) is 0 Å². The first-order chi connectivity index (χ1) is 10.6. The molecule has 10 heteroatoms. The van der Waals surface area contributed by atoms with Crippen LogP contribution in [0.25, 0.3) is 11.7 Å². The Bertz CT molecular complexity index is 826. The van der Waals surface area contributed by atoms with Crippen molar-refractivity contribution in [1.29, 1.82) is 0 Å². The first-order valence-corrected chi connectivity index (χ1v) is 5.94. The molecule has 0 aliphatic heterocycles. The lowest BCUT2D eigenvalue weighted by molar-refractivity contribution is -0.384. The van der Waals surface area contributed by atoms with E-state index < -0.39 is 10.8 Å². The Morgan fingerprint density at radius 3 is 2.86 bits per heavy atom. The highest BCUT2D eigenvalue weighted by molar-refractivity contribution is 6.03. The van der Waals surface area contributed by atoms with Gasteiger partial charge in [-0.1, -0.05) is 16.3 Å². The summed E-state index contributed by atoms with van der Waals surface area (Å²) in [5, 5.41) is 23.8. The molecular weight excluding hydrogens is 294 g/mol. The van der Waals surface area contributed by atoms with Crippen molar-refractivity contribution in [2.45, 2.75) is 0 Å². The van der Waals surface area contributed by atoms with E-state index in [-0.39, 0.29) is 28.9 Å². The first kappa shape index (κ1) is 13.4. The summed E-state index contributed by atoms with van der Waals surface area (Å²) in [6, 6.07) is 6.60. The van der Waals surface area contributed by atoms with Crippen LogP contribution in [0.2, 0.25) is 0 Å². The Hall–Kier alpha value is -3.56. The van der Waals surface area contributed by atoms with Gasteiger partial charge in [-0.05, 0) is 6.07 Å². The van der Waals surface area contributed by atoms with E-state index in [0.29, 0.717) is 0 Å². The van der Waals surface area contributed by atoms with Crippen molar-refractivity contribution < 1.29 is 18.7 Å². The maximum Gasteiger partial charge on any atom is 0.322 e. The third kappa shape index (κ3) is 2.65. The largest absolute Gasteiger partial charge is 0.400 e. The molecule has 2 heterocycles. The van der Waals surface area contributed by atoms with Gasteiger partial charge in [0.1, 0.15) is 0 Å². The standard InChI is InChI=1S/C12H7N5O5/c18-10(7-2-1-3-8(6-7)17(19)20)14-12-16-15-11(21-12)9-4-5-13-22-9/h1-6H,(H,14,16,18). The molecule has 0 saturated carbocycles. The summed E-state index contributed by atoms with van der Waals surface area (Å²) in [5.74, 6) is -0.313. The quantitative estimate of drug-likeness (QED) is 0.569. The smallest absolute Gasteiger partial charge is 0.322 e. The van der Waals surface area contributed by atoms with Gasteiger partial charge in [-0.3, -0.25) is 20.2 Å². The maximum atomic E-state index is 12.0. The van der Waals surface area contributed by atoms with Gasteiger partial charge in [0.2, 0.25) is 5.76 Å². The molecule has 22 heavy (non-hydrogen) atoms. The number of benzene rings is 1. The van der Waals surface area contributed by atoms with Crippen molar-refractivity contribution in [3.8, 4) is 11.7 Å². The molecule has 0 spiro atoms. The summed E-state index contributed by atoms with van der Waals surface area (Å²) in [6.45, 7) is 0. The average molecular weight is 301 g/mol. The Kier molecular flexibility index (Phi) is 3.32. The van der Waals surface area contributed by atoms with E-state index in [0.717, 1.165) is 6.07 Å². The van der Waals surface area contributed by atoms with Gasteiger partial charge in [0.25, 0.3) is 17.5 Å². The van der Waals surface area contributed by atoms with Crippen LogP contribution in [-0.2, 0) is 0 Å². The summed E-state index contributed by atoms with van der Waals surface area (Å²) < 4.78 is 10.0. The summed E-state index contributed by atoms with van der Waals surface area (Å²) in [4.78, 5) is 22.1. The molecule has 0 fully saturated rings. The Morgan fingerprint density at radius 1 is 1.27 bits per heavy atom. The van der Waals surface area contributed by atoms with Gasteiger partial charge in [0.15, 0.2) is 0 Å². The van der Waals surface area contributed by atoms with E-state index in [2.05, 4.69) is 20.7 Å². The van der Waals surface area contributed by atoms with Gasteiger partial charge in [-0.15, -0.1) is 5.10 Å². The molecule has 0 radical (unpaired) electrons. The van der Waals surface area contributed by atoms with Crippen LogP contribution in [0, 0.1) is 10.1 Å². The Morgan fingerprint density at radius 2 is 2.14 bits per heavy atom. The number of hydrogen-bond donors (Lipinski definition) is 1. The molecule has 0 aliphatic carbocycles. The second-order valence-electron chi connectivity index (χ2n) is 4.05. The number of aromatic nitrogens is 3. The zero-order valence-corrected chi connectivity index (χ0v) is 10.8. The monoisotopic (exact) mass is 301 g/mol. The number of carbonyl (C=O) groups excluding carboxylic acids is 1. The number of non-ortho nitro benzene ring substituents is 1. The predicted octanol–water partition coefficient (Wildman–Crippen LogP) is 1.89. The number of anilines is 1. The van der Waals surface area contributed by atoms with Gasteiger partial charge >= 0.3 is 6.01 Å². The van der Waals surface area contributed by atoms with Crippen LogP contribution in [0.1, 0.15) is 10.4 Å². The van der Waals surface area contributed by atoms with Crippen LogP contribution < -0.4 is 5.32 Å². The first-order valence-electron chi connectivity index (χ1n) is 5.94. The third-order valence-electron chi connectivity index (χ3n) is 2.61.